The first kappa shape index (κ1) is 15.9. The minimum atomic E-state index is -0.332. The van der Waals surface area contributed by atoms with Gasteiger partial charge in [0.05, 0.1) is 12.7 Å². The molecule has 1 unspecified atom stereocenters. The summed E-state index contributed by atoms with van der Waals surface area (Å²) in [5, 5.41) is 0. The van der Waals surface area contributed by atoms with Crippen molar-refractivity contribution in [3.63, 3.8) is 0 Å². The lowest BCUT2D eigenvalue weighted by atomic mass is 10.2. The van der Waals surface area contributed by atoms with Crippen LogP contribution in [0.4, 0.5) is 0 Å². The monoisotopic (exact) mass is 246 g/mol. The summed E-state index contributed by atoms with van der Waals surface area (Å²) in [7, 11) is 0. The summed E-state index contributed by atoms with van der Waals surface area (Å²) in [5.74, 6) is -0.647. The number of esters is 2. The van der Waals surface area contributed by atoms with Gasteiger partial charge in [0.25, 0.3) is 0 Å². The van der Waals surface area contributed by atoms with Crippen LogP contribution >= 0.6 is 0 Å². The third kappa shape index (κ3) is 11.2. The number of hydrogen-bond acceptors (Lipinski definition) is 5. The van der Waals surface area contributed by atoms with E-state index in [1.807, 2.05) is 0 Å². The molecule has 0 rings (SSSR count). The summed E-state index contributed by atoms with van der Waals surface area (Å²) in [4.78, 5) is 21.3. The van der Waals surface area contributed by atoms with Gasteiger partial charge in [-0.25, -0.2) is 0 Å². The molecule has 0 radical (unpaired) electrons. The first-order chi connectivity index (χ1) is 8.06. The molecule has 0 spiro atoms. The van der Waals surface area contributed by atoms with E-state index < -0.39 is 0 Å². The van der Waals surface area contributed by atoms with Gasteiger partial charge in [-0.15, -0.1) is 0 Å². The molecule has 0 heterocycles. The van der Waals surface area contributed by atoms with Crippen LogP contribution in [0.5, 0.6) is 0 Å². The molecule has 0 saturated heterocycles. The molecule has 0 aliphatic rings. The van der Waals surface area contributed by atoms with Crippen LogP contribution in [-0.2, 0) is 23.8 Å². The van der Waals surface area contributed by atoms with E-state index in [4.69, 9.17) is 14.2 Å². The van der Waals surface area contributed by atoms with Crippen molar-refractivity contribution in [2.45, 2.75) is 46.1 Å². The fourth-order valence-electron chi connectivity index (χ4n) is 1.15. The van der Waals surface area contributed by atoms with Gasteiger partial charge in [0.2, 0.25) is 0 Å². The van der Waals surface area contributed by atoms with Gasteiger partial charge in [0, 0.05) is 26.9 Å². The van der Waals surface area contributed by atoms with E-state index in [9.17, 15) is 9.59 Å². The smallest absolute Gasteiger partial charge is 0.302 e. The van der Waals surface area contributed by atoms with Gasteiger partial charge >= 0.3 is 11.9 Å². The molecule has 0 bridgehead atoms. The van der Waals surface area contributed by atoms with E-state index in [0.717, 1.165) is 12.8 Å². The fraction of sp³-hybridized carbons (Fsp3) is 0.833. The fourth-order valence-corrected chi connectivity index (χ4v) is 1.15. The molecule has 0 N–H and O–H groups in total. The minimum Gasteiger partial charge on any atom is -0.466 e. The molecule has 0 aromatic rings. The standard InChI is InChI=1S/C12H22O5/c1-4-5-7-16-12(9-17-11(3)14)6-8-15-10(2)13/h12H,4-9H2,1-3H3. The van der Waals surface area contributed by atoms with E-state index in [1.165, 1.54) is 13.8 Å². The van der Waals surface area contributed by atoms with Gasteiger partial charge < -0.3 is 14.2 Å². The first-order valence-corrected chi connectivity index (χ1v) is 5.94. The number of rotatable bonds is 9. The van der Waals surface area contributed by atoms with Gasteiger partial charge in [0.1, 0.15) is 6.61 Å². The Labute approximate surface area is 102 Å². The lowest BCUT2D eigenvalue weighted by Gasteiger charge is -2.17. The molecule has 17 heavy (non-hydrogen) atoms. The summed E-state index contributed by atoms with van der Waals surface area (Å²) < 4.78 is 15.3. The van der Waals surface area contributed by atoms with Crippen LogP contribution in [-0.4, -0.2) is 37.9 Å². The summed E-state index contributed by atoms with van der Waals surface area (Å²) in [6.07, 6.45) is 2.34. The van der Waals surface area contributed by atoms with Gasteiger partial charge in [-0.2, -0.15) is 0 Å². The van der Waals surface area contributed by atoms with Crippen molar-refractivity contribution in [2.24, 2.45) is 0 Å². The second-order valence-corrected chi connectivity index (χ2v) is 3.78. The van der Waals surface area contributed by atoms with Crippen molar-refractivity contribution >= 4 is 11.9 Å². The maximum absolute atomic E-state index is 10.7. The lowest BCUT2D eigenvalue weighted by Crippen LogP contribution is -2.24. The molecule has 100 valence electrons. The topological polar surface area (TPSA) is 61.8 Å². The van der Waals surface area contributed by atoms with E-state index in [2.05, 4.69) is 6.92 Å². The van der Waals surface area contributed by atoms with E-state index >= 15 is 0 Å². The van der Waals surface area contributed by atoms with Gasteiger partial charge in [-0.1, -0.05) is 13.3 Å². The van der Waals surface area contributed by atoms with Gasteiger partial charge in [-0.3, -0.25) is 9.59 Å². The molecule has 1 atom stereocenters. The van der Waals surface area contributed by atoms with Crippen LogP contribution in [0.3, 0.4) is 0 Å². The van der Waals surface area contributed by atoms with E-state index in [-0.39, 0.29) is 31.3 Å². The molecule has 0 aromatic heterocycles. The van der Waals surface area contributed by atoms with Gasteiger partial charge in [-0.05, 0) is 6.42 Å². The Morgan fingerprint density at radius 3 is 2.24 bits per heavy atom. The molecule has 0 aliphatic heterocycles. The van der Waals surface area contributed by atoms with E-state index in [0.29, 0.717) is 13.0 Å². The van der Waals surface area contributed by atoms with Crippen molar-refractivity contribution < 1.29 is 23.8 Å². The summed E-state index contributed by atoms with van der Waals surface area (Å²) >= 11 is 0. The molecule has 5 nitrogen and oxygen atoms in total. The molecule has 0 aromatic carbocycles. The number of unbranched alkanes of at least 4 members (excludes halogenated alkanes) is 1. The quantitative estimate of drug-likeness (QED) is 0.457. The highest BCUT2D eigenvalue weighted by Crippen LogP contribution is 2.03. The zero-order valence-electron chi connectivity index (χ0n) is 10.9. The second-order valence-electron chi connectivity index (χ2n) is 3.78. The average molecular weight is 246 g/mol. The Morgan fingerprint density at radius 2 is 1.71 bits per heavy atom. The number of ether oxygens (including phenoxy) is 3. The molecule has 0 aliphatic carbocycles. The van der Waals surface area contributed by atoms with Crippen molar-refractivity contribution in [2.75, 3.05) is 19.8 Å². The predicted octanol–water partition coefficient (Wildman–Crippen LogP) is 1.69. The highest BCUT2D eigenvalue weighted by molar-refractivity contribution is 5.66. The average Bonchev–Trinajstić information content (AvgIpc) is 2.24. The highest BCUT2D eigenvalue weighted by atomic mass is 16.6. The largest absolute Gasteiger partial charge is 0.466 e. The molecule has 0 amide bonds. The molecule has 5 heteroatoms. The molecular formula is C12H22O5. The zero-order chi connectivity index (χ0) is 13.1. The van der Waals surface area contributed by atoms with Gasteiger partial charge in [0.15, 0.2) is 0 Å². The lowest BCUT2D eigenvalue weighted by molar-refractivity contribution is -0.148. The Morgan fingerprint density at radius 1 is 1.06 bits per heavy atom. The maximum atomic E-state index is 10.7. The highest BCUT2D eigenvalue weighted by Gasteiger charge is 2.11. The Bertz CT molecular complexity index is 227. The first-order valence-electron chi connectivity index (χ1n) is 5.94. The predicted molar refractivity (Wildman–Crippen MR) is 62.5 cm³/mol. The summed E-state index contributed by atoms with van der Waals surface area (Å²) in [6, 6.07) is 0. The second kappa shape index (κ2) is 10.1. The summed E-state index contributed by atoms with van der Waals surface area (Å²) in [5.41, 5.74) is 0. The minimum absolute atomic E-state index is 0.204. The SMILES string of the molecule is CCCCOC(CCOC(C)=O)COC(C)=O. The Balaban J connectivity index is 3.83. The van der Waals surface area contributed by atoms with Crippen molar-refractivity contribution in [1.82, 2.24) is 0 Å². The third-order valence-electron chi connectivity index (χ3n) is 2.07. The number of carbonyl (C=O) groups excluding carboxylic acids is 2. The van der Waals surface area contributed by atoms with Crippen LogP contribution in [0.1, 0.15) is 40.0 Å². The number of carbonyl (C=O) groups is 2. The Kier molecular flexibility index (Phi) is 9.43. The molecule has 0 fully saturated rings. The van der Waals surface area contributed by atoms with Crippen LogP contribution in [0.2, 0.25) is 0 Å². The zero-order valence-corrected chi connectivity index (χ0v) is 10.9. The number of hydrogen-bond donors (Lipinski definition) is 0. The van der Waals surface area contributed by atoms with Crippen molar-refractivity contribution in [3.8, 4) is 0 Å². The Hall–Kier alpha value is -1.10. The van der Waals surface area contributed by atoms with Crippen LogP contribution in [0.25, 0.3) is 0 Å². The third-order valence-corrected chi connectivity index (χ3v) is 2.07. The maximum Gasteiger partial charge on any atom is 0.302 e. The van der Waals surface area contributed by atoms with Crippen LogP contribution in [0, 0.1) is 0 Å². The van der Waals surface area contributed by atoms with Crippen LogP contribution in [0.15, 0.2) is 0 Å². The molecular weight excluding hydrogens is 224 g/mol. The van der Waals surface area contributed by atoms with E-state index in [1.54, 1.807) is 0 Å². The van der Waals surface area contributed by atoms with Crippen molar-refractivity contribution in [1.29, 1.82) is 0 Å². The van der Waals surface area contributed by atoms with Crippen LogP contribution < -0.4 is 0 Å². The summed E-state index contributed by atoms with van der Waals surface area (Å²) in [6.45, 7) is 5.91. The molecule has 0 saturated carbocycles. The van der Waals surface area contributed by atoms with Crippen molar-refractivity contribution in [3.05, 3.63) is 0 Å². The normalized spacial score (nSPS) is 11.9.